The van der Waals surface area contributed by atoms with Crippen molar-refractivity contribution in [3.8, 4) is 5.75 Å². The summed E-state index contributed by atoms with van der Waals surface area (Å²) in [4.78, 5) is 17.9. The van der Waals surface area contributed by atoms with Crippen molar-refractivity contribution >= 4 is 7.60 Å². The predicted molar refractivity (Wildman–Crippen MR) is 143 cm³/mol. The van der Waals surface area contributed by atoms with Crippen molar-refractivity contribution in [2.24, 2.45) is 5.92 Å². The van der Waals surface area contributed by atoms with Gasteiger partial charge in [0.2, 0.25) is 0 Å². The van der Waals surface area contributed by atoms with Crippen molar-refractivity contribution in [2.45, 2.75) is 92.4 Å². The zero-order valence-corrected chi connectivity index (χ0v) is 22.8. The van der Waals surface area contributed by atoms with Gasteiger partial charge in [-0.15, -0.1) is 0 Å². The molecule has 0 heterocycles. The number of ether oxygens (including phenoxy) is 1. The predicted octanol–water partition coefficient (Wildman–Crippen LogP) is 7.63. The Morgan fingerprint density at radius 1 is 0.824 bits per heavy atom. The summed E-state index contributed by atoms with van der Waals surface area (Å²) in [5.74, 6) is 1.71. The summed E-state index contributed by atoms with van der Waals surface area (Å²) in [6.07, 6.45) is 9.15. The molecule has 190 valence electrons. The second-order valence-corrected chi connectivity index (χ2v) is 11.8. The lowest BCUT2D eigenvalue weighted by molar-refractivity contribution is 0.284. The molecule has 0 saturated heterocycles. The van der Waals surface area contributed by atoms with Gasteiger partial charge in [0.05, 0.1) is 6.61 Å². The summed E-state index contributed by atoms with van der Waals surface area (Å²) in [5, 5.41) is 0. The van der Waals surface area contributed by atoms with Crippen molar-refractivity contribution in [1.29, 1.82) is 0 Å². The van der Waals surface area contributed by atoms with E-state index in [1.54, 1.807) is 0 Å². The molecule has 0 aliphatic carbocycles. The molecule has 2 N–H and O–H groups in total. The van der Waals surface area contributed by atoms with E-state index in [1.165, 1.54) is 52.6 Å². The fourth-order valence-electron chi connectivity index (χ4n) is 4.80. The van der Waals surface area contributed by atoms with E-state index in [0.29, 0.717) is 12.3 Å². The third-order valence-electron chi connectivity index (χ3n) is 6.73. The van der Waals surface area contributed by atoms with Gasteiger partial charge in [0.15, 0.2) is 0 Å². The lowest BCUT2D eigenvalue weighted by Gasteiger charge is -2.18. The van der Waals surface area contributed by atoms with E-state index < -0.39 is 7.60 Å². The number of benzene rings is 2. The number of hydrogen-bond donors (Lipinski definition) is 2. The molecule has 1 atom stereocenters. The highest BCUT2D eigenvalue weighted by Crippen LogP contribution is 2.35. The van der Waals surface area contributed by atoms with Gasteiger partial charge in [0, 0.05) is 6.16 Å². The molecule has 0 spiro atoms. The van der Waals surface area contributed by atoms with Crippen LogP contribution in [0.3, 0.4) is 0 Å². The van der Waals surface area contributed by atoms with Crippen LogP contribution >= 0.6 is 7.60 Å². The number of rotatable bonds is 15. The van der Waals surface area contributed by atoms with Crippen molar-refractivity contribution in [1.82, 2.24) is 0 Å². The molecule has 2 aromatic rings. The largest absolute Gasteiger partial charge is 0.493 e. The number of aryl methyl sites for hydroxylation is 5. The van der Waals surface area contributed by atoms with E-state index in [9.17, 15) is 4.57 Å². The first kappa shape index (κ1) is 28.6. The minimum absolute atomic E-state index is 0.0123. The molecule has 0 radical (unpaired) electrons. The van der Waals surface area contributed by atoms with Crippen LogP contribution in [0.5, 0.6) is 5.75 Å². The van der Waals surface area contributed by atoms with Crippen LogP contribution in [0.15, 0.2) is 30.3 Å². The van der Waals surface area contributed by atoms with Gasteiger partial charge >= 0.3 is 7.60 Å². The molecule has 34 heavy (non-hydrogen) atoms. The van der Waals surface area contributed by atoms with Crippen LogP contribution in [-0.2, 0) is 17.4 Å². The van der Waals surface area contributed by atoms with Gasteiger partial charge in [-0.2, -0.15) is 0 Å². The molecule has 4 nitrogen and oxygen atoms in total. The highest BCUT2D eigenvalue weighted by Gasteiger charge is 2.13. The minimum atomic E-state index is -3.86. The topological polar surface area (TPSA) is 66.8 Å². The average molecular weight is 489 g/mol. The Balaban J connectivity index is 1.81. The van der Waals surface area contributed by atoms with E-state index in [2.05, 4.69) is 65.0 Å². The van der Waals surface area contributed by atoms with Crippen molar-refractivity contribution < 1.29 is 19.1 Å². The molecule has 2 aromatic carbocycles. The Hall–Kier alpha value is -1.61. The molecular formula is C29H45O4P. The SMILES string of the molecule is CCCC(CCCOc1c(C)cc(CCCCCP(=O)(O)O)cc1C)Cc1ccc(C)c(C)c1. The lowest BCUT2D eigenvalue weighted by atomic mass is 9.90. The van der Waals surface area contributed by atoms with Crippen LogP contribution in [0.25, 0.3) is 0 Å². The number of hydrogen-bond acceptors (Lipinski definition) is 2. The molecule has 2 rings (SSSR count). The normalized spacial score (nSPS) is 12.7. The zero-order chi connectivity index (χ0) is 25.1. The summed E-state index contributed by atoms with van der Waals surface area (Å²) in [5.41, 5.74) is 7.81. The molecule has 1 unspecified atom stereocenters. The summed E-state index contributed by atoms with van der Waals surface area (Å²) < 4.78 is 17.2. The van der Waals surface area contributed by atoms with Crippen molar-refractivity contribution in [2.75, 3.05) is 12.8 Å². The first-order chi connectivity index (χ1) is 16.1. The smallest absolute Gasteiger partial charge is 0.325 e. The Morgan fingerprint density at radius 3 is 2.12 bits per heavy atom. The standard InChI is InChI=1S/C29H45O4P/c1-6-11-26(21-28-15-14-22(2)23(3)18-28)13-10-16-33-29-24(4)19-27(20-25(29)5)12-8-7-9-17-34(30,31)32/h14-15,18-20,26H,6-13,16-17,21H2,1-5H3,(H2,30,31,32). The fraction of sp³-hybridized carbons (Fsp3) is 0.586. The molecule has 5 heteroatoms. The third-order valence-corrected chi connectivity index (χ3v) is 7.63. The molecule has 0 saturated carbocycles. The van der Waals surface area contributed by atoms with Gasteiger partial charge in [0.1, 0.15) is 5.75 Å². The molecule has 0 bridgehead atoms. The first-order valence-electron chi connectivity index (χ1n) is 12.9. The van der Waals surface area contributed by atoms with E-state index in [0.717, 1.165) is 44.5 Å². The number of unbranched alkanes of at least 4 members (excludes halogenated alkanes) is 2. The molecule has 0 aliphatic heterocycles. The summed E-state index contributed by atoms with van der Waals surface area (Å²) in [7, 11) is -3.86. The minimum Gasteiger partial charge on any atom is -0.493 e. The Bertz CT molecular complexity index is 924. The van der Waals surface area contributed by atoms with E-state index in [-0.39, 0.29) is 6.16 Å². The monoisotopic (exact) mass is 488 g/mol. The van der Waals surface area contributed by atoms with Crippen LogP contribution in [0.2, 0.25) is 0 Å². The maximum Gasteiger partial charge on any atom is 0.325 e. The maximum absolute atomic E-state index is 11.0. The zero-order valence-electron chi connectivity index (χ0n) is 21.9. The highest BCUT2D eigenvalue weighted by atomic mass is 31.2. The van der Waals surface area contributed by atoms with Gasteiger partial charge in [-0.1, -0.05) is 56.5 Å². The molecule has 0 aliphatic rings. The molecule has 0 fully saturated rings. The van der Waals surface area contributed by atoms with Crippen LogP contribution in [0.1, 0.15) is 85.3 Å². The summed E-state index contributed by atoms with van der Waals surface area (Å²) >= 11 is 0. The van der Waals surface area contributed by atoms with Crippen LogP contribution in [0.4, 0.5) is 0 Å². The van der Waals surface area contributed by atoms with Crippen molar-refractivity contribution in [3.63, 3.8) is 0 Å². The molecular weight excluding hydrogens is 443 g/mol. The first-order valence-corrected chi connectivity index (χ1v) is 14.7. The van der Waals surface area contributed by atoms with Crippen LogP contribution in [0, 0.1) is 33.6 Å². The third kappa shape index (κ3) is 10.3. The quantitative estimate of drug-likeness (QED) is 0.200. The second kappa shape index (κ2) is 14.1. The van der Waals surface area contributed by atoms with Gasteiger partial charge in [-0.05, 0) is 106 Å². The summed E-state index contributed by atoms with van der Waals surface area (Å²) in [6.45, 7) is 11.6. The van der Waals surface area contributed by atoms with E-state index in [1.807, 2.05) is 0 Å². The van der Waals surface area contributed by atoms with Crippen LogP contribution in [-0.4, -0.2) is 22.6 Å². The van der Waals surface area contributed by atoms with Gasteiger partial charge in [-0.3, -0.25) is 4.57 Å². The summed E-state index contributed by atoms with van der Waals surface area (Å²) in [6, 6.07) is 11.3. The van der Waals surface area contributed by atoms with Crippen molar-refractivity contribution in [3.05, 3.63) is 63.7 Å². The average Bonchev–Trinajstić information content (AvgIpc) is 2.74. The Kier molecular flexibility index (Phi) is 11.8. The lowest BCUT2D eigenvalue weighted by Crippen LogP contribution is -2.09. The Morgan fingerprint density at radius 2 is 1.50 bits per heavy atom. The highest BCUT2D eigenvalue weighted by molar-refractivity contribution is 7.51. The fourth-order valence-corrected chi connectivity index (χ4v) is 5.44. The van der Waals surface area contributed by atoms with E-state index in [4.69, 9.17) is 14.5 Å². The van der Waals surface area contributed by atoms with Gasteiger partial charge in [0.25, 0.3) is 0 Å². The van der Waals surface area contributed by atoms with Gasteiger partial charge in [-0.25, -0.2) is 0 Å². The second-order valence-electron chi connectivity index (χ2n) is 10.0. The van der Waals surface area contributed by atoms with Gasteiger partial charge < -0.3 is 14.5 Å². The Labute approximate surface area is 207 Å². The molecule has 0 aromatic heterocycles. The molecule has 0 amide bonds. The van der Waals surface area contributed by atoms with Crippen LogP contribution < -0.4 is 4.74 Å². The maximum atomic E-state index is 11.0. The van der Waals surface area contributed by atoms with E-state index >= 15 is 0 Å².